The molecule has 1 fully saturated rings. The predicted octanol–water partition coefficient (Wildman–Crippen LogP) is 3.36. The smallest absolute Gasteiger partial charge is 0.459 e. The number of carbonyl (C=O) groups excluding carboxylic acids is 1. The quantitative estimate of drug-likeness (QED) is 0.149. The molecule has 1 aliphatic rings. The van der Waals surface area contributed by atoms with E-state index in [9.17, 15) is 14.5 Å². The molecule has 14 heteroatoms. The summed E-state index contributed by atoms with van der Waals surface area (Å²) in [6.45, 7) is 3.73. The molecule has 3 heterocycles. The number of imidazole rings is 1. The van der Waals surface area contributed by atoms with Gasteiger partial charge in [-0.3, -0.25) is 13.9 Å². The normalized spacial score (nSPS) is 21.5. The molecule has 1 aliphatic heterocycles. The number of nitrogen functional groups attached to an aromatic ring is 1. The largest absolute Gasteiger partial charge is 0.465 e. The van der Waals surface area contributed by atoms with Crippen molar-refractivity contribution in [3.8, 4) is 5.75 Å². The first kappa shape index (κ1) is 28.9. The number of aliphatic hydroxyl groups excluding tert-OH is 1. The van der Waals surface area contributed by atoms with Gasteiger partial charge in [-0.15, -0.1) is 0 Å². The number of fused-ring (bicyclic) bond motifs is 1. The number of nitrogens with zero attached hydrogens (tertiary/aromatic N) is 4. The second-order valence-electron chi connectivity index (χ2n) is 9.31. The fourth-order valence-corrected chi connectivity index (χ4v) is 5.67. The minimum absolute atomic E-state index is 0.186. The number of ether oxygens (including phenoxy) is 2. The summed E-state index contributed by atoms with van der Waals surface area (Å²) in [5.74, 6) is -0.0569. The van der Waals surface area contributed by atoms with Crippen molar-refractivity contribution >= 4 is 30.7 Å². The average Bonchev–Trinajstić information content (AvgIpc) is 3.51. The first-order chi connectivity index (χ1) is 18.8. The van der Waals surface area contributed by atoms with E-state index in [1.54, 1.807) is 34.9 Å². The molecule has 4 rings (SSSR count). The molecular weight excluding hydrogens is 527 g/mol. The van der Waals surface area contributed by atoms with E-state index in [0.29, 0.717) is 16.9 Å². The van der Waals surface area contributed by atoms with E-state index >= 15 is 0 Å². The Hall–Kier alpha value is -3.09. The van der Waals surface area contributed by atoms with Gasteiger partial charge in [-0.25, -0.2) is 19.5 Å². The van der Waals surface area contributed by atoms with Crippen LogP contribution in [-0.4, -0.2) is 62.1 Å². The van der Waals surface area contributed by atoms with Gasteiger partial charge < -0.3 is 24.8 Å². The van der Waals surface area contributed by atoms with Gasteiger partial charge in [0.2, 0.25) is 0 Å². The maximum absolute atomic E-state index is 13.7. The Kier molecular flexibility index (Phi) is 9.87. The number of hydrogen-bond donors (Lipinski definition) is 3. The maximum atomic E-state index is 13.7. The minimum atomic E-state index is -4.07. The Morgan fingerprint density at radius 3 is 2.82 bits per heavy atom. The molecular formula is C25H35N6O7P. The van der Waals surface area contributed by atoms with Crippen LogP contribution in [0.1, 0.15) is 52.2 Å². The number of nitrogens with one attached hydrogen (secondary N) is 1. The van der Waals surface area contributed by atoms with Gasteiger partial charge in [0.1, 0.15) is 29.7 Å². The lowest BCUT2D eigenvalue weighted by atomic mass is 10.2. The molecule has 2 unspecified atom stereocenters. The molecule has 0 spiro atoms. The molecule has 0 amide bonds. The van der Waals surface area contributed by atoms with E-state index in [0.717, 1.165) is 25.7 Å². The molecule has 5 atom stereocenters. The summed E-state index contributed by atoms with van der Waals surface area (Å²) in [5, 5.41) is 13.4. The number of unbranched alkanes of at least 4 members (excludes halogenated alkanes) is 3. The summed E-state index contributed by atoms with van der Waals surface area (Å²) >= 11 is 0. The molecule has 4 N–H and O–H groups in total. The van der Waals surface area contributed by atoms with Crippen LogP contribution in [0, 0.1) is 0 Å². The Balaban J connectivity index is 1.40. The van der Waals surface area contributed by atoms with Crippen LogP contribution in [0.2, 0.25) is 0 Å². The van der Waals surface area contributed by atoms with E-state index in [-0.39, 0.29) is 25.5 Å². The highest BCUT2D eigenvalue weighted by atomic mass is 31.2. The number of benzene rings is 1. The van der Waals surface area contributed by atoms with E-state index in [1.807, 2.05) is 0 Å². The van der Waals surface area contributed by atoms with Crippen molar-refractivity contribution in [2.24, 2.45) is 0 Å². The lowest BCUT2D eigenvalue weighted by molar-refractivity contribution is -0.145. The van der Waals surface area contributed by atoms with Gasteiger partial charge in [-0.05, 0) is 25.5 Å². The third-order valence-electron chi connectivity index (χ3n) is 6.17. The molecule has 13 nitrogen and oxygen atoms in total. The Bertz CT molecular complexity index is 1280. The van der Waals surface area contributed by atoms with Crippen LogP contribution in [0.3, 0.4) is 0 Å². The number of nitrogens with two attached hydrogens (primary N) is 1. The monoisotopic (exact) mass is 562 g/mol. The van der Waals surface area contributed by atoms with Crippen LogP contribution in [0.25, 0.3) is 11.2 Å². The predicted molar refractivity (Wildman–Crippen MR) is 143 cm³/mol. The van der Waals surface area contributed by atoms with E-state index < -0.39 is 38.2 Å². The minimum Gasteiger partial charge on any atom is -0.465 e. The Morgan fingerprint density at radius 1 is 1.26 bits per heavy atom. The summed E-state index contributed by atoms with van der Waals surface area (Å²) in [4.78, 5) is 24.8. The number of carbonyl (C=O) groups is 1. The number of esters is 1. The van der Waals surface area contributed by atoms with Crippen LogP contribution >= 0.6 is 7.75 Å². The molecule has 2 aromatic heterocycles. The topological polar surface area (TPSA) is 173 Å². The molecule has 1 saturated heterocycles. The molecule has 0 bridgehead atoms. The molecule has 212 valence electrons. The summed E-state index contributed by atoms with van der Waals surface area (Å²) in [7, 11) is -4.07. The molecule has 39 heavy (non-hydrogen) atoms. The first-order valence-corrected chi connectivity index (χ1v) is 14.5. The maximum Gasteiger partial charge on any atom is 0.459 e. The highest BCUT2D eigenvalue weighted by Gasteiger charge is 2.39. The average molecular weight is 563 g/mol. The molecule has 1 aromatic carbocycles. The van der Waals surface area contributed by atoms with Crippen LogP contribution in [-0.2, 0) is 23.4 Å². The van der Waals surface area contributed by atoms with Gasteiger partial charge in [0, 0.05) is 6.42 Å². The van der Waals surface area contributed by atoms with Gasteiger partial charge in [0.05, 0.1) is 25.6 Å². The number of rotatable bonds is 14. The van der Waals surface area contributed by atoms with Crippen LogP contribution in [0.4, 0.5) is 5.82 Å². The van der Waals surface area contributed by atoms with Gasteiger partial charge in [0.25, 0.3) is 0 Å². The summed E-state index contributed by atoms with van der Waals surface area (Å²) in [6.07, 6.45) is 4.44. The summed E-state index contributed by atoms with van der Waals surface area (Å²) in [5.41, 5.74) is 6.67. The van der Waals surface area contributed by atoms with Crippen molar-refractivity contribution < 1.29 is 33.0 Å². The lowest BCUT2D eigenvalue weighted by Crippen LogP contribution is -2.35. The van der Waals surface area contributed by atoms with Crippen molar-refractivity contribution in [3.05, 3.63) is 43.0 Å². The zero-order valence-electron chi connectivity index (χ0n) is 22.0. The highest BCUT2D eigenvalue weighted by molar-refractivity contribution is 7.52. The first-order valence-electron chi connectivity index (χ1n) is 13.0. The Labute approximate surface area is 226 Å². The number of aliphatic hydroxyl groups is 1. The third kappa shape index (κ3) is 7.52. The van der Waals surface area contributed by atoms with Crippen LogP contribution in [0.5, 0.6) is 5.75 Å². The number of aromatic nitrogens is 4. The zero-order chi connectivity index (χ0) is 27.8. The highest BCUT2D eigenvalue weighted by Crippen LogP contribution is 2.46. The zero-order valence-corrected chi connectivity index (χ0v) is 22.9. The van der Waals surface area contributed by atoms with E-state index in [4.69, 9.17) is 24.3 Å². The van der Waals surface area contributed by atoms with Crippen LogP contribution < -0.4 is 15.3 Å². The van der Waals surface area contributed by atoms with Gasteiger partial charge in [0.15, 0.2) is 17.7 Å². The lowest BCUT2D eigenvalue weighted by Gasteiger charge is -2.24. The molecule has 0 aliphatic carbocycles. The Morgan fingerprint density at radius 2 is 2.05 bits per heavy atom. The second kappa shape index (κ2) is 13.3. The van der Waals surface area contributed by atoms with Gasteiger partial charge in [-0.2, -0.15) is 5.09 Å². The molecule has 0 radical (unpaired) electrons. The number of anilines is 1. The van der Waals surface area contributed by atoms with E-state index in [1.165, 1.54) is 19.6 Å². The number of hydrogen-bond acceptors (Lipinski definition) is 11. The fraction of sp³-hybridized carbons (Fsp3) is 0.520. The van der Waals surface area contributed by atoms with Crippen molar-refractivity contribution in [3.63, 3.8) is 0 Å². The van der Waals surface area contributed by atoms with E-state index in [2.05, 4.69) is 27.0 Å². The molecule has 0 saturated carbocycles. The van der Waals surface area contributed by atoms with Gasteiger partial charge >= 0.3 is 13.7 Å². The van der Waals surface area contributed by atoms with Crippen molar-refractivity contribution in [1.29, 1.82) is 0 Å². The van der Waals surface area contributed by atoms with Crippen molar-refractivity contribution in [1.82, 2.24) is 24.6 Å². The summed E-state index contributed by atoms with van der Waals surface area (Å²) < 4.78 is 38.0. The van der Waals surface area contributed by atoms with Crippen LogP contribution in [0.15, 0.2) is 43.0 Å². The standard InChI is InChI=1S/C25H35N6O7P/c1-3-4-5-9-12-35-25(33)17(2)30-39(34,38-18-10-7-6-8-11-18)36-14-19-13-20(32)24(37-19)31-16-29-21-22(26)27-15-28-23(21)31/h6-8,10-11,15-17,19-20,24,32H,3-5,9,12-14H2,1-2H3,(H,30,34)(H2,26,27,28)/t17-,19-,20?,24+,39?/m0/s1. The third-order valence-corrected chi connectivity index (χ3v) is 7.82. The van der Waals surface area contributed by atoms with Crippen molar-refractivity contribution in [2.75, 3.05) is 18.9 Å². The summed E-state index contributed by atoms with van der Waals surface area (Å²) in [6, 6.07) is 7.52. The number of para-hydroxylation sites is 1. The molecule has 3 aromatic rings. The van der Waals surface area contributed by atoms with Gasteiger partial charge in [-0.1, -0.05) is 44.4 Å². The second-order valence-corrected chi connectivity index (χ2v) is 11.0. The van der Waals surface area contributed by atoms with Crippen molar-refractivity contribution in [2.45, 2.75) is 70.4 Å². The fourth-order valence-electron chi connectivity index (χ4n) is 4.15. The SMILES string of the molecule is CCCCCCOC(=O)[C@H](C)NP(=O)(OC[C@@H]1CC(O)[C@H](n2cnc3c(N)ncnc32)O1)Oc1ccccc1.